The smallest absolute Gasteiger partial charge is 0.282 e. The molecule has 146 valence electrons. The van der Waals surface area contributed by atoms with Crippen LogP contribution in [0, 0.1) is 0 Å². The minimum Gasteiger partial charge on any atom is -0.353 e. The fourth-order valence-electron chi connectivity index (χ4n) is 3.89. The second-order valence-corrected chi connectivity index (χ2v) is 7.43. The van der Waals surface area contributed by atoms with Crippen LogP contribution < -0.4 is 5.56 Å². The Morgan fingerprint density at radius 1 is 1.04 bits per heavy atom. The van der Waals surface area contributed by atoms with E-state index in [1.807, 2.05) is 52.2 Å². The molecular formula is C22H26N4O2. The number of nitrogens with zero attached hydrogens (tertiary/aromatic N) is 4. The Balaban J connectivity index is 1.84. The summed E-state index contributed by atoms with van der Waals surface area (Å²) in [5, 5.41) is 4.57. The second-order valence-electron chi connectivity index (χ2n) is 7.43. The monoisotopic (exact) mass is 378 g/mol. The molecule has 0 radical (unpaired) electrons. The SMILES string of the molecule is CCCn1cc(C(=O)N2CCCCCC2)c2nn(-c3ccccc3)c(=O)c-2c1. The van der Waals surface area contributed by atoms with Crippen LogP contribution in [0.3, 0.4) is 0 Å². The fraction of sp³-hybridized carbons (Fsp3) is 0.409. The van der Waals surface area contributed by atoms with Crippen LogP contribution in [0.15, 0.2) is 47.5 Å². The Morgan fingerprint density at radius 2 is 1.75 bits per heavy atom. The van der Waals surface area contributed by atoms with Gasteiger partial charge in [-0.3, -0.25) is 9.59 Å². The lowest BCUT2D eigenvalue weighted by atomic mass is 10.1. The minimum absolute atomic E-state index is 0.0185. The summed E-state index contributed by atoms with van der Waals surface area (Å²) >= 11 is 0. The number of carbonyl (C=O) groups excluding carboxylic acids is 1. The first-order valence-corrected chi connectivity index (χ1v) is 10.2. The van der Waals surface area contributed by atoms with Crippen molar-refractivity contribution >= 4 is 5.91 Å². The van der Waals surface area contributed by atoms with Gasteiger partial charge in [0.05, 0.1) is 16.8 Å². The molecule has 1 amide bonds. The molecule has 3 aliphatic heterocycles. The second kappa shape index (κ2) is 8.00. The number of aromatic nitrogens is 3. The maximum absolute atomic E-state index is 13.3. The van der Waals surface area contributed by atoms with Crippen molar-refractivity contribution < 1.29 is 4.79 Å². The topological polar surface area (TPSA) is 60.1 Å². The predicted octanol–water partition coefficient (Wildman–Crippen LogP) is 3.57. The highest BCUT2D eigenvalue weighted by atomic mass is 16.2. The summed E-state index contributed by atoms with van der Waals surface area (Å²) in [6.45, 7) is 4.38. The van der Waals surface area contributed by atoms with Gasteiger partial charge in [0, 0.05) is 32.0 Å². The Hall–Kier alpha value is -2.89. The molecule has 3 aliphatic rings. The van der Waals surface area contributed by atoms with Crippen molar-refractivity contribution in [2.45, 2.75) is 45.6 Å². The molecule has 0 unspecified atom stereocenters. The molecule has 0 spiro atoms. The maximum Gasteiger partial charge on any atom is 0.282 e. The molecule has 6 nitrogen and oxygen atoms in total. The number of amides is 1. The number of rotatable bonds is 4. The van der Waals surface area contributed by atoms with Crippen LogP contribution in [0.5, 0.6) is 0 Å². The van der Waals surface area contributed by atoms with E-state index in [4.69, 9.17) is 0 Å². The van der Waals surface area contributed by atoms with Gasteiger partial charge in [-0.25, -0.2) is 0 Å². The third-order valence-corrected chi connectivity index (χ3v) is 5.33. The van der Waals surface area contributed by atoms with Crippen molar-refractivity contribution in [2.75, 3.05) is 13.1 Å². The molecule has 1 fully saturated rings. The first-order chi connectivity index (χ1) is 13.7. The number of pyridine rings is 1. The van der Waals surface area contributed by atoms with Gasteiger partial charge < -0.3 is 9.47 Å². The molecule has 1 aromatic rings. The third kappa shape index (κ3) is 3.46. The molecular weight excluding hydrogens is 352 g/mol. The Labute approximate surface area is 164 Å². The molecule has 3 heterocycles. The zero-order chi connectivity index (χ0) is 19.5. The highest BCUT2D eigenvalue weighted by Crippen LogP contribution is 2.25. The fourth-order valence-corrected chi connectivity index (χ4v) is 3.89. The summed E-state index contributed by atoms with van der Waals surface area (Å²) in [4.78, 5) is 28.3. The highest BCUT2D eigenvalue weighted by molar-refractivity contribution is 6.00. The van der Waals surface area contributed by atoms with Crippen molar-refractivity contribution in [2.24, 2.45) is 0 Å². The van der Waals surface area contributed by atoms with Gasteiger partial charge >= 0.3 is 0 Å². The van der Waals surface area contributed by atoms with E-state index in [9.17, 15) is 9.59 Å². The number of aryl methyl sites for hydroxylation is 1. The number of hydrogen-bond acceptors (Lipinski definition) is 3. The van der Waals surface area contributed by atoms with Gasteiger partial charge in [-0.15, -0.1) is 0 Å². The molecule has 28 heavy (non-hydrogen) atoms. The van der Waals surface area contributed by atoms with Crippen LogP contribution in [0.1, 0.15) is 49.4 Å². The molecule has 4 rings (SSSR count). The number of fused-ring (bicyclic) bond motifs is 1. The van der Waals surface area contributed by atoms with E-state index in [-0.39, 0.29) is 11.5 Å². The Bertz CT molecular complexity index is 982. The lowest BCUT2D eigenvalue weighted by Crippen LogP contribution is -2.32. The molecule has 0 aromatic heterocycles. The van der Waals surface area contributed by atoms with Gasteiger partial charge in [0.1, 0.15) is 5.69 Å². The third-order valence-electron chi connectivity index (χ3n) is 5.33. The van der Waals surface area contributed by atoms with Gasteiger partial charge in [-0.2, -0.15) is 9.78 Å². The van der Waals surface area contributed by atoms with Crippen LogP contribution in [0.4, 0.5) is 0 Å². The highest BCUT2D eigenvalue weighted by Gasteiger charge is 2.27. The molecule has 0 N–H and O–H groups in total. The van der Waals surface area contributed by atoms with Crippen LogP contribution in [-0.4, -0.2) is 38.2 Å². The summed E-state index contributed by atoms with van der Waals surface area (Å²) in [5.74, 6) is -0.0185. The van der Waals surface area contributed by atoms with Crippen LogP contribution in [0.25, 0.3) is 16.9 Å². The minimum atomic E-state index is -0.184. The number of carbonyl (C=O) groups is 1. The largest absolute Gasteiger partial charge is 0.353 e. The molecule has 0 bridgehead atoms. The van der Waals surface area contributed by atoms with Crippen molar-refractivity contribution in [3.05, 3.63) is 58.6 Å². The van der Waals surface area contributed by atoms with Gasteiger partial charge in [0.25, 0.3) is 11.5 Å². The van der Waals surface area contributed by atoms with E-state index in [0.717, 1.165) is 51.7 Å². The molecule has 6 heteroatoms. The average Bonchev–Trinajstić information content (AvgIpc) is 2.89. The normalized spacial score (nSPS) is 15.0. The summed E-state index contributed by atoms with van der Waals surface area (Å²) in [5.41, 5.74) is 2.04. The number of para-hydroxylation sites is 1. The summed E-state index contributed by atoms with van der Waals surface area (Å²) in [7, 11) is 0. The van der Waals surface area contributed by atoms with E-state index in [2.05, 4.69) is 12.0 Å². The standard InChI is InChI=1S/C22H26N4O2/c1-2-12-24-15-18(21(27)25-13-8-3-4-9-14-25)20-19(16-24)22(28)26(23-20)17-10-6-5-7-11-17/h5-7,10-11,15-16H,2-4,8-9,12-14H2,1H3. The van der Waals surface area contributed by atoms with Gasteiger partial charge in [0.2, 0.25) is 0 Å². The van der Waals surface area contributed by atoms with Crippen molar-refractivity contribution in [1.82, 2.24) is 19.2 Å². The Morgan fingerprint density at radius 3 is 2.43 bits per heavy atom. The summed E-state index contributed by atoms with van der Waals surface area (Å²) < 4.78 is 3.35. The Kier molecular flexibility index (Phi) is 5.28. The van der Waals surface area contributed by atoms with Gasteiger partial charge in [0.15, 0.2) is 0 Å². The zero-order valence-electron chi connectivity index (χ0n) is 16.3. The predicted molar refractivity (Wildman–Crippen MR) is 109 cm³/mol. The molecule has 0 aliphatic carbocycles. The first-order valence-electron chi connectivity index (χ1n) is 10.2. The van der Waals surface area contributed by atoms with Crippen molar-refractivity contribution in [3.63, 3.8) is 0 Å². The number of likely N-dealkylation sites (tertiary alicyclic amines) is 1. The number of hydrogen-bond donors (Lipinski definition) is 0. The van der Waals surface area contributed by atoms with Crippen LogP contribution in [-0.2, 0) is 6.54 Å². The lowest BCUT2D eigenvalue weighted by Gasteiger charge is -2.22. The van der Waals surface area contributed by atoms with Crippen LogP contribution >= 0.6 is 0 Å². The molecule has 1 saturated heterocycles. The van der Waals surface area contributed by atoms with Crippen LogP contribution in [0.2, 0.25) is 0 Å². The van der Waals surface area contributed by atoms with Gasteiger partial charge in [-0.05, 0) is 31.4 Å². The molecule has 1 aromatic carbocycles. The molecule has 0 saturated carbocycles. The summed E-state index contributed by atoms with van der Waals surface area (Å²) in [6, 6.07) is 9.36. The van der Waals surface area contributed by atoms with E-state index in [1.54, 1.807) is 0 Å². The molecule has 0 atom stereocenters. The van der Waals surface area contributed by atoms with E-state index >= 15 is 0 Å². The van der Waals surface area contributed by atoms with E-state index in [1.165, 1.54) is 4.68 Å². The van der Waals surface area contributed by atoms with Gasteiger partial charge in [-0.1, -0.05) is 38.0 Å². The quantitative estimate of drug-likeness (QED) is 0.697. The number of benzene rings is 1. The van der Waals surface area contributed by atoms with E-state index in [0.29, 0.717) is 22.5 Å². The summed E-state index contributed by atoms with van der Waals surface area (Å²) in [6.07, 6.45) is 9.00. The first kappa shape index (κ1) is 18.5. The van der Waals surface area contributed by atoms with Crippen molar-refractivity contribution in [3.8, 4) is 16.9 Å². The average molecular weight is 378 g/mol. The maximum atomic E-state index is 13.3. The zero-order valence-corrected chi connectivity index (χ0v) is 16.3. The van der Waals surface area contributed by atoms with Crippen molar-refractivity contribution in [1.29, 1.82) is 0 Å². The van der Waals surface area contributed by atoms with E-state index < -0.39 is 0 Å². The lowest BCUT2D eigenvalue weighted by molar-refractivity contribution is 0.0761.